The molecule has 1 saturated heterocycles. The quantitative estimate of drug-likeness (QED) is 0.832. The van der Waals surface area contributed by atoms with Gasteiger partial charge in [-0.25, -0.2) is 0 Å². The van der Waals surface area contributed by atoms with Gasteiger partial charge in [-0.05, 0) is 49.4 Å². The number of likely N-dealkylation sites (N-methyl/N-ethyl adjacent to an activating group) is 1. The highest BCUT2D eigenvalue weighted by Crippen LogP contribution is 2.17. The van der Waals surface area contributed by atoms with Gasteiger partial charge in [0.05, 0.1) is 7.11 Å². The van der Waals surface area contributed by atoms with E-state index in [1.807, 2.05) is 29.2 Å². The number of nitrogens with one attached hydrogen (secondary N) is 1. The second-order valence-corrected chi connectivity index (χ2v) is 6.99. The fraction of sp³-hybridized carbons (Fsp3) is 0.364. The largest absolute Gasteiger partial charge is 0.496 e. The van der Waals surface area contributed by atoms with Crippen molar-refractivity contribution in [1.82, 2.24) is 15.1 Å². The Bertz CT molecular complexity index is 812. The molecular weight excluding hydrogens is 354 g/mol. The summed E-state index contributed by atoms with van der Waals surface area (Å²) in [6.45, 7) is 3.76. The van der Waals surface area contributed by atoms with Crippen molar-refractivity contribution in [3.8, 4) is 5.75 Å². The maximum Gasteiger partial charge on any atom is 0.253 e. The highest BCUT2D eigenvalue weighted by Gasteiger charge is 2.20. The van der Waals surface area contributed by atoms with Crippen LogP contribution >= 0.6 is 0 Å². The molecule has 148 valence electrons. The van der Waals surface area contributed by atoms with Crippen LogP contribution in [0.5, 0.6) is 5.75 Å². The molecule has 28 heavy (non-hydrogen) atoms. The number of para-hydroxylation sites is 1. The van der Waals surface area contributed by atoms with Crippen LogP contribution in [0.2, 0.25) is 0 Å². The van der Waals surface area contributed by atoms with Gasteiger partial charge >= 0.3 is 0 Å². The van der Waals surface area contributed by atoms with E-state index < -0.39 is 0 Å². The molecule has 0 spiro atoms. The highest BCUT2D eigenvalue weighted by molar-refractivity contribution is 5.97. The van der Waals surface area contributed by atoms with Crippen LogP contribution in [0.1, 0.15) is 26.3 Å². The monoisotopic (exact) mass is 381 g/mol. The van der Waals surface area contributed by atoms with Gasteiger partial charge in [0.25, 0.3) is 11.8 Å². The number of methoxy groups -OCH3 is 1. The molecule has 6 heteroatoms. The number of piperazine rings is 1. The average molecular weight is 381 g/mol. The summed E-state index contributed by atoms with van der Waals surface area (Å²) in [5.41, 5.74) is 2.23. The van der Waals surface area contributed by atoms with E-state index in [1.165, 1.54) is 0 Å². The first kappa shape index (κ1) is 19.9. The molecule has 1 fully saturated rings. The summed E-state index contributed by atoms with van der Waals surface area (Å²) in [4.78, 5) is 29.0. The Labute approximate surface area is 166 Å². The maximum atomic E-state index is 12.6. The standard InChI is InChI=1S/C22H27N3O3/c1-24-13-15-25(16-14-24)22(27)19-9-7-18(8-10-19)21(26)23-12-11-17-5-3-4-6-20(17)28-2/h3-10H,11-16H2,1-2H3,(H,23,26). The Morgan fingerprint density at radius 3 is 2.29 bits per heavy atom. The third-order valence-corrected chi connectivity index (χ3v) is 5.06. The molecule has 3 rings (SSSR count). The topological polar surface area (TPSA) is 61.9 Å². The van der Waals surface area contributed by atoms with Gasteiger partial charge in [-0.1, -0.05) is 18.2 Å². The summed E-state index contributed by atoms with van der Waals surface area (Å²) in [6, 6.07) is 14.7. The fourth-order valence-electron chi connectivity index (χ4n) is 3.28. The third kappa shape index (κ3) is 4.89. The number of benzene rings is 2. The lowest BCUT2D eigenvalue weighted by Crippen LogP contribution is -2.47. The van der Waals surface area contributed by atoms with Crippen molar-refractivity contribution in [3.05, 3.63) is 65.2 Å². The van der Waals surface area contributed by atoms with Crippen LogP contribution in [0, 0.1) is 0 Å². The third-order valence-electron chi connectivity index (χ3n) is 5.06. The smallest absolute Gasteiger partial charge is 0.253 e. The lowest BCUT2D eigenvalue weighted by atomic mass is 10.1. The second-order valence-electron chi connectivity index (χ2n) is 6.99. The van der Waals surface area contributed by atoms with Crippen LogP contribution < -0.4 is 10.1 Å². The molecule has 1 aliphatic heterocycles. The van der Waals surface area contributed by atoms with E-state index in [0.29, 0.717) is 24.1 Å². The molecule has 0 aliphatic carbocycles. The van der Waals surface area contributed by atoms with Crippen LogP contribution in [0.25, 0.3) is 0 Å². The predicted molar refractivity (Wildman–Crippen MR) is 109 cm³/mol. The number of carbonyl (C=O) groups is 2. The van der Waals surface area contributed by atoms with Crippen LogP contribution in [0.15, 0.2) is 48.5 Å². The molecule has 6 nitrogen and oxygen atoms in total. The first-order valence-electron chi connectivity index (χ1n) is 9.56. The van der Waals surface area contributed by atoms with Crippen molar-refractivity contribution in [2.75, 3.05) is 46.9 Å². The SMILES string of the molecule is COc1ccccc1CCNC(=O)c1ccc(C(=O)N2CCN(C)CC2)cc1. The number of hydrogen-bond acceptors (Lipinski definition) is 4. The average Bonchev–Trinajstić information content (AvgIpc) is 2.74. The number of amides is 2. The van der Waals surface area contributed by atoms with E-state index in [1.54, 1.807) is 31.4 Å². The van der Waals surface area contributed by atoms with Crippen molar-refractivity contribution < 1.29 is 14.3 Å². The van der Waals surface area contributed by atoms with E-state index in [9.17, 15) is 9.59 Å². The minimum absolute atomic E-state index is 0.0243. The zero-order valence-corrected chi connectivity index (χ0v) is 16.5. The van der Waals surface area contributed by atoms with Crippen molar-refractivity contribution in [2.45, 2.75) is 6.42 Å². The zero-order valence-electron chi connectivity index (χ0n) is 16.5. The summed E-state index contributed by atoms with van der Waals surface area (Å²) < 4.78 is 5.33. The summed E-state index contributed by atoms with van der Waals surface area (Å²) in [6.07, 6.45) is 0.690. The van der Waals surface area contributed by atoms with Gasteiger partial charge in [-0.15, -0.1) is 0 Å². The molecule has 0 saturated carbocycles. The molecule has 1 N–H and O–H groups in total. The van der Waals surface area contributed by atoms with E-state index >= 15 is 0 Å². The van der Waals surface area contributed by atoms with Gasteiger partial charge in [0.1, 0.15) is 5.75 Å². The molecule has 2 amide bonds. The van der Waals surface area contributed by atoms with E-state index in [0.717, 1.165) is 37.5 Å². The van der Waals surface area contributed by atoms with Crippen molar-refractivity contribution in [3.63, 3.8) is 0 Å². The van der Waals surface area contributed by atoms with Crippen molar-refractivity contribution in [2.24, 2.45) is 0 Å². The van der Waals surface area contributed by atoms with E-state index in [4.69, 9.17) is 4.74 Å². The number of rotatable bonds is 6. The molecule has 0 radical (unpaired) electrons. The lowest BCUT2D eigenvalue weighted by Gasteiger charge is -2.32. The van der Waals surface area contributed by atoms with E-state index in [-0.39, 0.29) is 11.8 Å². The molecule has 2 aromatic rings. The van der Waals surface area contributed by atoms with Gasteiger partial charge in [0.15, 0.2) is 0 Å². The number of carbonyl (C=O) groups excluding carboxylic acids is 2. The minimum Gasteiger partial charge on any atom is -0.496 e. The van der Waals surface area contributed by atoms with Gasteiger partial charge in [-0.2, -0.15) is 0 Å². The van der Waals surface area contributed by atoms with E-state index in [2.05, 4.69) is 17.3 Å². The minimum atomic E-state index is -0.145. The second kappa shape index (κ2) is 9.37. The van der Waals surface area contributed by atoms with Gasteiger partial charge in [-0.3, -0.25) is 9.59 Å². The predicted octanol–water partition coefficient (Wildman–Crippen LogP) is 2.06. The highest BCUT2D eigenvalue weighted by atomic mass is 16.5. The first-order valence-corrected chi connectivity index (χ1v) is 9.56. The molecule has 2 aromatic carbocycles. The first-order chi connectivity index (χ1) is 13.6. The van der Waals surface area contributed by atoms with Crippen molar-refractivity contribution >= 4 is 11.8 Å². The molecular formula is C22H27N3O3. The molecule has 0 atom stereocenters. The molecule has 1 aliphatic rings. The Morgan fingerprint density at radius 2 is 1.61 bits per heavy atom. The fourth-order valence-corrected chi connectivity index (χ4v) is 3.28. The lowest BCUT2D eigenvalue weighted by molar-refractivity contribution is 0.0663. The normalized spacial score (nSPS) is 14.6. The molecule has 1 heterocycles. The summed E-state index contributed by atoms with van der Waals surface area (Å²) in [7, 11) is 3.70. The van der Waals surface area contributed by atoms with Crippen LogP contribution in [0.4, 0.5) is 0 Å². The number of nitrogens with zero attached hydrogens (tertiary/aromatic N) is 2. The van der Waals surface area contributed by atoms with Gasteiger partial charge in [0, 0.05) is 43.9 Å². The van der Waals surface area contributed by atoms with Crippen LogP contribution in [-0.2, 0) is 6.42 Å². The number of hydrogen-bond donors (Lipinski definition) is 1. The van der Waals surface area contributed by atoms with Crippen molar-refractivity contribution in [1.29, 1.82) is 0 Å². The van der Waals surface area contributed by atoms with Crippen LogP contribution in [0.3, 0.4) is 0 Å². The van der Waals surface area contributed by atoms with Crippen LogP contribution in [-0.4, -0.2) is 68.5 Å². The Balaban J connectivity index is 1.53. The van der Waals surface area contributed by atoms with Gasteiger partial charge in [0.2, 0.25) is 0 Å². The molecule has 0 bridgehead atoms. The van der Waals surface area contributed by atoms with Gasteiger partial charge < -0.3 is 19.9 Å². The summed E-state index contributed by atoms with van der Waals surface area (Å²) in [5.74, 6) is 0.702. The summed E-state index contributed by atoms with van der Waals surface area (Å²) in [5, 5.41) is 2.92. The molecule has 0 aromatic heterocycles. The summed E-state index contributed by atoms with van der Waals surface area (Å²) >= 11 is 0. The zero-order chi connectivity index (χ0) is 19.9. The maximum absolute atomic E-state index is 12.6. The number of ether oxygens (including phenoxy) is 1. The Morgan fingerprint density at radius 1 is 0.964 bits per heavy atom. The Hall–Kier alpha value is -2.86. The Kier molecular flexibility index (Phi) is 6.66. The molecule has 0 unspecified atom stereocenters.